The van der Waals surface area contributed by atoms with Gasteiger partial charge in [-0.05, 0) is 62.9 Å². The number of rotatable bonds is 7. The molecule has 4 heterocycles. The van der Waals surface area contributed by atoms with Crippen LogP contribution in [-0.2, 0) is 6.54 Å². The quantitative estimate of drug-likeness (QED) is 0.344. The maximum absolute atomic E-state index is 13.2. The van der Waals surface area contributed by atoms with Crippen molar-refractivity contribution < 1.29 is 9.21 Å². The molecule has 0 unspecified atom stereocenters. The van der Waals surface area contributed by atoms with Crippen molar-refractivity contribution in [1.29, 1.82) is 0 Å². The van der Waals surface area contributed by atoms with E-state index in [0.717, 1.165) is 45.7 Å². The Labute approximate surface area is 204 Å². The Balaban J connectivity index is 1.44. The molecule has 0 radical (unpaired) electrons. The third-order valence-corrected chi connectivity index (χ3v) is 7.60. The fourth-order valence-corrected chi connectivity index (χ4v) is 5.50. The van der Waals surface area contributed by atoms with Gasteiger partial charge in [0.15, 0.2) is 0 Å². The predicted molar refractivity (Wildman–Crippen MR) is 135 cm³/mol. The van der Waals surface area contributed by atoms with E-state index < -0.39 is 0 Å². The maximum Gasteiger partial charge on any atom is 0.253 e. The summed E-state index contributed by atoms with van der Waals surface area (Å²) in [5.41, 5.74) is 5.35. The van der Waals surface area contributed by atoms with Gasteiger partial charge in [0.25, 0.3) is 5.91 Å². The monoisotopic (exact) mass is 474 g/mol. The number of aromatic nitrogens is 3. The van der Waals surface area contributed by atoms with Crippen LogP contribution >= 0.6 is 11.3 Å². The van der Waals surface area contributed by atoms with Crippen LogP contribution in [0.5, 0.6) is 0 Å². The highest BCUT2D eigenvalue weighted by atomic mass is 32.1. The van der Waals surface area contributed by atoms with E-state index in [4.69, 9.17) is 9.40 Å². The lowest BCUT2D eigenvalue weighted by atomic mass is 9.89. The van der Waals surface area contributed by atoms with E-state index in [0.29, 0.717) is 18.0 Å². The third-order valence-electron chi connectivity index (χ3n) is 6.71. The van der Waals surface area contributed by atoms with Crippen LogP contribution in [-0.4, -0.2) is 27.0 Å². The third kappa shape index (κ3) is 4.85. The van der Waals surface area contributed by atoms with Crippen LogP contribution in [0.1, 0.15) is 59.6 Å². The fourth-order valence-electron chi connectivity index (χ4n) is 4.69. The molecule has 176 valence electrons. The second-order valence-corrected chi connectivity index (χ2v) is 9.99. The van der Waals surface area contributed by atoms with Gasteiger partial charge in [0.2, 0.25) is 0 Å². The first-order valence-electron chi connectivity index (χ1n) is 12.0. The Morgan fingerprint density at radius 2 is 2.06 bits per heavy atom. The number of hydrogen-bond donors (Lipinski definition) is 1. The van der Waals surface area contributed by atoms with Gasteiger partial charge in [0, 0.05) is 35.1 Å². The number of carbonyl (C=O) groups excluding carboxylic acids is 1. The molecule has 1 amide bonds. The van der Waals surface area contributed by atoms with Crippen molar-refractivity contribution in [1.82, 2.24) is 19.9 Å². The second-order valence-electron chi connectivity index (χ2n) is 9.13. The number of thiazole rings is 1. The molecule has 5 rings (SSSR count). The lowest BCUT2D eigenvalue weighted by molar-refractivity contribution is 0.0943. The van der Waals surface area contributed by atoms with Crippen molar-refractivity contribution in [2.24, 2.45) is 5.92 Å². The van der Waals surface area contributed by atoms with Crippen molar-refractivity contribution in [3.8, 4) is 22.0 Å². The van der Waals surface area contributed by atoms with Crippen molar-refractivity contribution in [2.45, 2.75) is 52.5 Å². The summed E-state index contributed by atoms with van der Waals surface area (Å²) in [7, 11) is 0. The normalized spacial score (nSPS) is 14.4. The highest BCUT2D eigenvalue weighted by Crippen LogP contribution is 2.32. The summed E-state index contributed by atoms with van der Waals surface area (Å²) in [6.45, 7) is 5.27. The lowest BCUT2D eigenvalue weighted by Gasteiger charge is -2.21. The molecule has 0 spiro atoms. The van der Waals surface area contributed by atoms with E-state index in [1.54, 1.807) is 17.6 Å². The maximum atomic E-state index is 13.2. The smallest absolute Gasteiger partial charge is 0.253 e. The molecular formula is C27H30N4O2S. The molecule has 1 aliphatic carbocycles. The summed E-state index contributed by atoms with van der Waals surface area (Å²) in [6, 6.07) is 9.85. The number of aryl methyl sites for hydroxylation is 1. The Bertz CT molecular complexity index is 1250. The van der Waals surface area contributed by atoms with Gasteiger partial charge >= 0.3 is 0 Å². The van der Waals surface area contributed by atoms with Gasteiger partial charge in [-0.25, -0.2) is 4.98 Å². The molecule has 34 heavy (non-hydrogen) atoms. The van der Waals surface area contributed by atoms with Gasteiger partial charge in [-0.2, -0.15) is 0 Å². The first-order chi connectivity index (χ1) is 16.6. The topological polar surface area (TPSA) is 73.0 Å². The molecule has 1 saturated carbocycles. The van der Waals surface area contributed by atoms with Crippen molar-refractivity contribution in [3.05, 3.63) is 70.9 Å². The highest BCUT2D eigenvalue weighted by Gasteiger charge is 2.22. The fraction of sp³-hybridized carbons (Fsp3) is 0.370. The molecule has 0 atom stereocenters. The summed E-state index contributed by atoms with van der Waals surface area (Å²) in [6.07, 6.45) is 9.81. The second kappa shape index (κ2) is 9.97. The summed E-state index contributed by atoms with van der Waals surface area (Å²) < 4.78 is 7.74. The highest BCUT2D eigenvalue weighted by molar-refractivity contribution is 7.13. The van der Waals surface area contributed by atoms with Crippen molar-refractivity contribution in [3.63, 3.8) is 0 Å². The van der Waals surface area contributed by atoms with E-state index in [2.05, 4.69) is 14.9 Å². The minimum atomic E-state index is -0.0132. The number of nitrogens with one attached hydrogen (secondary N) is 1. The van der Waals surface area contributed by atoms with Crippen LogP contribution in [0.4, 0.5) is 0 Å². The summed E-state index contributed by atoms with van der Waals surface area (Å²) >= 11 is 1.58. The first kappa shape index (κ1) is 22.6. The number of pyridine rings is 1. The SMILES string of the molecule is Cc1ccc(-c2nc(-c3cc(C(=O)NCC4CCCCC4)c(C)n3Cc3ccco3)cs2)cn1. The van der Waals surface area contributed by atoms with Crippen molar-refractivity contribution >= 4 is 17.2 Å². The molecule has 0 saturated heterocycles. The van der Waals surface area contributed by atoms with Gasteiger partial charge in [0.05, 0.1) is 29.8 Å². The molecular weight excluding hydrogens is 444 g/mol. The minimum absolute atomic E-state index is 0.0132. The largest absolute Gasteiger partial charge is 0.467 e. The molecule has 0 aliphatic heterocycles. The molecule has 1 N–H and O–H groups in total. The Morgan fingerprint density at radius 3 is 2.79 bits per heavy atom. The lowest BCUT2D eigenvalue weighted by Crippen LogP contribution is -2.30. The molecule has 4 aromatic heterocycles. The van der Waals surface area contributed by atoms with E-state index in [1.165, 1.54) is 32.1 Å². The molecule has 1 fully saturated rings. The van der Waals surface area contributed by atoms with Crippen LogP contribution in [0.3, 0.4) is 0 Å². The number of furan rings is 1. The Hall–Kier alpha value is -3.19. The van der Waals surface area contributed by atoms with Gasteiger partial charge in [-0.3, -0.25) is 9.78 Å². The molecule has 6 nitrogen and oxygen atoms in total. The number of hydrogen-bond acceptors (Lipinski definition) is 5. The minimum Gasteiger partial charge on any atom is -0.467 e. The van der Waals surface area contributed by atoms with Gasteiger partial charge < -0.3 is 14.3 Å². The number of carbonyl (C=O) groups is 1. The van der Waals surface area contributed by atoms with Gasteiger partial charge in [-0.1, -0.05) is 19.3 Å². The van der Waals surface area contributed by atoms with Crippen LogP contribution in [0.2, 0.25) is 0 Å². The number of nitrogens with zero attached hydrogens (tertiary/aromatic N) is 3. The van der Waals surface area contributed by atoms with Crippen LogP contribution in [0.15, 0.2) is 52.6 Å². The molecule has 1 aliphatic rings. The average Bonchev–Trinajstić information content (AvgIpc) is 3.61. The van der Waals surface area contributed by atoms with E-state index in [1.807, 2.05) is 55.8 Å². The van der Waals surface area contributed by atoms with Crippen LogP contribution < -0.4 is 5.32 Å². The zero-order valence-corrected chi connectivity index (χ0v) is 20.5. The Morgan fingerprint density at radius 1 is 1.21 bits per heavy atom. The first-order valence-corrected chi connectivity index (χ1v) is 12.9. The van der Waals surface area contributed by atoms with Gasteiger partial charge in [0.1, 0.15) is 10.8 Å². The average molecular weight is 475 g/mol. The van der Waals surface area contributed by atoms with Crippen LogP contribution in [0, 0.1) is 19.8 Å². The van der Waals surface area contributed by atoms with E-state index in [9.17, 15) is 4.79 Å². The summed E-state index contributed by atoms with van der Waals surface area (Å²) in [5.74, 6) is 1.42. The summed E-state index contributed by atoms with van der Waals surface area (Å²) in [5, 5.41) is 6.15. The van der Waals surface area contributed by atoms with Gasteiger partial charge in [-0.15, -0.1) is 11.3 Å². The number of amides is 1. The molecule has 0 bridgehead atoms. The molecule has 0 aromatic carbocycles. The van der Waals surface area contributed by atoms with E-state index in [-0.39, 0.29) is 5.91 Å². The predicted octanol–water partition coefficient (Wildman–Crippen LogP) is 6.24. The standard InChI is InChI=1S/C27H30N4O2S/c1-18-10-11-21(15-28-18)27-30-24(17-34-27)25-13-23(19(2)31(25)16-22-9-6-12-33-22)26(32)29-14-20-7-4-3-5-8-20/h6,9-13,15,17,20H,3-5,7-8,14,16H2,1-2H3,(H,29,32). The zero-order valence-electron chi connectivity index (χ0n) is 19.7. The molecule has 4 aromatic rings. The Kier molecular flexibility index (Phi) is 6.63. The van der Waals surface area contributed by atoms with Crippen molar-refractivity contribution in [2.75, 3.05) is 6.54 Å². The molecule has 7 heteroatoms. The zero-order chi connectivity index (χ0) is 23.5. The van der Waals surface area contributed by atoms with Crippen LogP contribution in [0.25, 0.3) is 22.0 Å². The summed E-state index contributed by atoms with van der Waals surface area (Å²) in [4.78, 5) is 22.5. The van der Waals surface area contributed by atoms with E-state index >= 15 is 0 Å².